The van der Waals surface area contributed by atoms with E-state index in [0.29, 0.717) is 23.2 Å². The predicted octanol–water partition coefficient (Wildman–Crippen LogP) is 2.83. The zero-order chi connectivity index (χ0) is 15.3. The topological polar surface area (TPSA) is 68.3 Å². The monoisotopic (exact) mass is 370 g/mol. The molecule has 0 aliphatic rings. The number of benzene rings is 1. The van der Waals surface area contributed by atoms with Gasteiger partial charge in [0, 0.05) is 24.0 Å². The normalized spacial score (nSPS) is 11.3. The molecule has 1 N–H and O–H groups in total. The third-order valence-corrected chi connectivity index (χ3v) is 4.59. The van der Waals surface area contributed by atoms with E-state index in [1.54, 1.807) is 19.2 Å². The van der Waals surface area contributed by atoms with Crippen molar-refractivity contribution in [2.75, 3.05) is 18.4 Å². The first-order chi connectivity index (χ1) is 10.0. The lowest BCUT2D eigenvalue weighted by atomic mass is 10.1. The smallest absolute Gasteiger partial charge is 0.263 e. The number of para-hydroxylation sites is 1. The van der Waals surface area contributed by atoms with E-state index in [9.17, 15) is 8.42 Å². The van der Waals surface area contributed by atoms with E-state index in [4.69, 9.17) is 4.74 Å². The number of methoxy groups -OCH3 is 1. The third kappa shape index (κ3) is 4.26. The average Bonchev–Trinajstić information content (AvgIpc) is 2.46. The van der Waals surface area contributed by atoms with Crippen molar-refractivity contribution in [3.8, 4) is 0 Å². The van der Waals surface area contributed by atoms with Crippen molar-refractivity contribution in [2.24, 2.45) is 0 Å². The highest BCUT2D eigenvalue weighted by Gasteiger charge is 2.16. The van der Waals surface area contributed by atoms with Crippen molar-refractivity contribution in [3.05, 3.63) is 52.8 Å². The van der Waals surface area contributed by atoms with Crippen molar-refractivity contribution in [3.63, 3.8) is 0 Å². The maximum absolute atomic E-state index is 12.4. The van der Waals surface area contributed by atoms with E-state index >= 15 is 0 Å². The highest BCUT2D eigenvalue weighted by molar-refractivity contribution is 9.10. The number of anilines is 1. The Morgan fingerprint density at radius 2 is 2.05 bits per heavy atom. The summed E-state index contributed by atoms with van der Waals surface area (Å²) < 4.78 is 33.0. The molecule has 0 saturated heterocycles. The summed E-state index contributed by atoms with van der Waals surface area (Å²) in [4.78, 5) is 3.99. The minimum Gasteiger partial charge on any atom is -0.384 e. The molecule has 1 aromatic carbocycles. The number of hydrogen-bond acceptors (Lipinski definition) is 4. The molecular weight excluding hydrogens is 356 g/mol. The standard InChI is InChI=1S/C14H15BrN2O3S/c1-20-7-6-11-4-2-3-5-14(11)17-21(18,19)13-8-12(15)9-16-10-13/h2-5,8-10,17H,6-7H2,1H3. The van der Waals surface area contributed by atoms with Gasteiger partial charge in [-0.3, -0.25) is 9.71 Å². The molecule has 0 fully saturated rings. The predicted molar refractivity (Wildman–Crippen MR) is 84.8 cm³/mol. The number of pyridine rings is 1. The number of aromatic nitrogens is 1. The molecule has 1 aromatic heterocycles. The number of rotatable bonds is 6. The van der Waals surface area contributed by atoms with Crippen LogP contribution >= 0.6 is 15.9 Å². The SMILES string of the molecule is COCCc1ccccc1NS(=O)(=O)c1cncc(Br)c1. The number of ether oxygens (including phenoxy) is 1. The Labute approximate surface area is 132 Å². The van der Waals surface area contributed by atoms with Gasteiger partial charge in [0.1, 0.15) is 4.90 Å². The lowest BCUT2D eigenvalue weighted by Gasteiger charge is -2.12. The van der Waals surface area contributed by atoms with Gasteiger partial charge >= 0.3 is 0 Å². The summed E-state index contributed by atoms with van der Waals surface area (Å²) in [5.41, 5.74) is 1.43. The van der Waals surface area contributed by atoms with E-state index in [-0.39, 0.29) is 4.90 Å². The van der Waals surface area contributed by atoms with Crippen molar-refractivity contribution >= 4 is 31.6 Å². The first-order valence-corrected chi connectivity index (χ1v) is 8.51. The zero-order valence-corrected chi connectivity index (χ0v) is 13.8. The van der Waals surface area contributed by atoms with Gasteiger partial charge in [-0.1, -0.05) is 18.2 Å². The lowest BCUT2D eigenvalue weighted by Crippen LogP contribution is -2.15. The Morgan fingerprint density at radius 3 is 2.76 bits per heavy atom. The maximum Gasteiger partial charge on any atom is 0.263 e. The van der Waals surface area contributed by atoms with Crippen LogP contribution in [0, 0.1) is 0 Å². The Balaban J connectivity index is 2.29. The molecule has 21 heavy (non-hydrogen) atoms. The summed E-state index contributed by atoms with van der Waals surface area (Å²) in [6, 6.07) is 8.76. The van der Waals surface area contributed by atoms with Crippen LogP contribution < -0.4 is 4.72 Å². The molecule has 2 aromatic rings. The molecule has 112 valence electrons. The molecule has 1 heterocycles. The lowest BCUT2D eigenvalue weighted by molar-refractivity contribution is 0.202. The maximum atomic E-state index is 12.4. The van der Waals surface area contributed by atoms with Crippen LogP contribution in [-0.4, -0.2) is 27.1 Å². The second kappa shape index (κ2) is 7.02. The van der Waals surface area contributed by atoms with Crippen LogP contribution in [0.2, 0.25) is 0 Å². The van der Waals surface area contributed by atoms with Crippen LogP contribution in [0.1, 0.15) is 5.56 Å². The fourth-order valence-corrected chi connectivity index (χ4v) is 3.40. The molecule has 0 amide bonds. The summed E-state index contributed by atoms with van der Waals surface area (Å²) in [6.07, 6.45) is 3.47. The van der Waals surface area contributed by atoms with Gasteiger partial charge < -0.3 is 4.74 Å². The summed E-state index contributed by atoms with van der Waals surface area (Å²) in [7, 11) is -2.06. The van der Waals surface area contributed by atoms with Gasteiger partial charge in [-0.2, -0.15) is 0 Å². The van der Waals surface area contributed by atoms with Crippen LogP contribution in [0.3, 0.4) is 0 Å². The number of nitrogens with zero attached hydrogens (tertiary/aromatic N) is 1. The number of sulfonamides is 1. The largest absolute Gasteiger partial charge is 0.384 e. The second-order valence-corrected chi connectivity index (χ2v) is 6.94. The second-order valence-electron chi connectivity index (χ2n) is 4.34. The molecule has 0 unspecified atom stereocenters. The molecule has 0 aliphatic carbocycles. The molecule has 0 spiro atoms. The van der Waals surface area contributed by atoms with Gasteiger partial charge in [-0.05, 0) is 40.0 Å². The van der Waals surface area contributed by atoms with E-state index in [1.165, 1.54) is 18.5 Å². The Morgan fingerprint density at radius 1 is 1.29 bits per heavy atom. The van der Waals surface area contributed by atoms with Gasteiger partial charge in [0.15, 0.2) is 0 Å². The first-order valence-electron chi connectivity index (χ1n) is 6.23. The van der Waals surface area contributed by atoms with E-state index in [0.717, 1.165) is 5.56 Å². The average molecular weight is 371 g/mol. The molecule has 2 rings (SSSR count). The van der Waals surface area contributed by atoms with E-state index < -0.39 is 10.0 Å². The van der Waals surface area contributed by atoms with Crippen LogP contribution in [0.15, 0.2) is 52.1 Å². The molecule has 0 bridgehead atoms. The molecule has 5 nitrogen and oxygen atoms in total. The van der Waals surface area contributed by atoms with Crippen molar-refractivity contribution in [1.82, 2.24) is 4.98 Å². The first kappa shape index (κ1) is 15.9. The van der Waals surface area contributed by atoms with Crippen LogP contribution in [0.25, 0.3) is 0 Å². The highest BCUT2D eigenvalue weighted by Crippen LogP contribution is 2.21. The quantitative estimate of drug-likeness (QED) is 0.848. The van der Waals surface area contributed by atoms with Crippen LogP contribution in [0.5, 0.6) is 0 Å². The molecular formula is C14H15BrN2O3S. The van der Waals surface area contributed by atoms with E-state index in [1.807, 2.05) is 12.1 Å². The van der Waals surface area contributed by atoms with Crippen LogP contribution in [-0.2, 0) is 21.2 Å². The number of halogens is 1. The Bertz CT molecular complexity index is 720. The molecule has 0 aliphatic heterocycles. The highest BCUT2D eigenvalue weighted by atomic mass is 79.9. The van der Waals surface area contributed by atoms with Gasteiger partial charge in [0.25, 0.3) is 10.0 Å². The van der Waals surface area contributed by atoms with Crippen molar-refractivity contribution in [1.29, 1.82) is 0 Å². The van der Waals surface area contributed by atoms with Crippen LogP contribution in [0.4, 0.5) is 5.69 Å². The summed E-state index contributed by atoms with van der Waals surface area (Å²) in [5, 5.41) is 0. The fraction of sp³-hybridized carbons (Fsp3) is 0.214. The zero-order valence-electron chi connectivity index (χ0n) is 11.4. The Hall–Kier alpha value is -1.44. The number of nitrogens with one attached hydrogen (secondary N) is 1. The fourth-order valence-electron chi connectivity index (χ4n) is 1.79. The third-order valence-electron chi connectivity index (χ3n) is 2.83. The van der Waals surface area contributed by atoms with Crippen molar-refractivity contribution in [2.45, 2.75) is 11.3 Å². The Kier molecular flexibility index (Phi) is 5.33. The number of hydrogen-bond donors (Lipinski definition) is 1. The van der Waals surface area contributed by atoms with Gasteiger partial charge in [-0.15, -0.1) is 0 Å². The minimum absolute atomic E-state index is 0.110. The molecule has 7 heteroatoms. The molecule has 0 radical (unpaired) electrons. The molecule has 0 atom stereocenters. The summed E-state index contributed by atoms with van der Waals surface area (Å²) in [6.45, 7) is 0.525. The van der Waals surface area contributed by atoms with Crippen molar-refractivity contribution < 1.29 is 13.2 Å². The van der Waals surface area contributed by atoms with E-state index in [2.05, 4.69) is 25.6 Å². The summed E-state index contributed by atoms with van der Waals surface area (Å²) in [5.74, 6) is 0. The minimum atomic E-state index is -3.67. The van der Waals surface area contributed by atoms with Gasteiger partial charge in [0.05, 0.1) is 12.3 Å². The molecule has 0 saturated carbocycles. The summed E-state index contributed by atoms with van der Waals surface area (Å²) >= 11 is 3.22. The van der Waals surface area contributed by atoms with Gasteiger partial charge in [-0.25, -0.2) is 8.42 Å². The van der Waals surface area contributed by atoms with Gasteiger partial charge in [0.2, 0.25) is 0 Å².